The number of methoxy groups -OCH3 is 2. The average Bonchev–Trinajstić information content (AvgIpc) is 3.24. The number of hydrogen-bond donors (Lipinski definition) is 0. The van der Waals surface area contributed by atoms with Crippen molar-refractivity contribution in [3.05, 3.63) is 71.9 Å². The molecule has 0 radical (unpaired) electrons. The van der Waals surface area contributed by atoms with Crippen molar-refractivity contribution in [3.63, 3.8) is 0 Å². The number of fused-ring (bicyclic) bond motifs is 1. The van der Waals surface area contributed by atoms with Gasteiger partial charge in [0.15, 0.2) is 0 Å². The van der Waals surface area contributed by atoms with Crippen molar-refractivity contribution in [2.24, 2.45) is 0 Å². The molecule has 3 heterocycles. The summed E-state index contributed by atoms with van der Waals surface area (Å²) in [5.41, 5.74) is 7.29. The van der Waals surface area contributed by atoms with E-state index in [1.165, 1.54) is 0 Å². The number of pyridine rings is 2. The van der Waals surface area contributed by atoms with Gasteiger partial charge in [-0.25, -0.2) is 4.98 Å². The Morgan fingerprint density at radius 3 is 2.55 bits per heavy atom. The first-order valence-electron chi connectivity index (χ1n) is 9.14. The molecule has 29 heavy (non-hydrogen) atoms. The van der Waals surface area contributed by atoms with Crippen molar-refractivity contribution in [3.8, 4) is 34.2 Å². The van der Waals surface area contributed by atoms with E-state index in [9.17, 15) is 0 Å². The average molecular weight is 384 g/mol. The highest BCUT2D eigenvalue weighted by Crippen LogP contribution is 2.38. The molecule has 6 heteroatoms. The van der Waals surface area contributed by atoms with Gasteiger partial charge in [-0.3, -0.25) is 9.38 Å². The van der Waals surface area contributed by atoms with Gasteiger partial charge in [0.2, 0.25) is 0 Å². The molecule has 0 spiro atoms. The van der Waals surface area contributed by atoms with Crippen LogP contribution in [0.5, 0.6) is 5.75 Å². The van der Waals surface area contributed by atoms with Crippen molar-refractivity contribution in [1.82, 2.24) is 14.4 Å². The van der Waals surface area contributed by atoms with Crippen LogP contribution in [0.4, 0.5) is 0 Å². The van der Waals surface area contributed by atoms with E-state index < -0.39 is 0 Å². The summed E-state index contributed by atoms with van der Waals surface area (Å²) in [6.45, 7) is 2.46. The van der Waals surface area contributed by atoms with E-state index in [4.69, 9.17) is 14.7 Å². The third-order valence-electron chi connectivity index (χ3n) is 4.97. The molecule has 0 N–H and O–H groups in total. The Balaban J connectivity index is 2.02. The fraction of sp³-hybridized carbons (Fsp3) is 0.174. The lowest BCUT2D eigenvalue weighted by Gasteiger charge is -2.17. The third kappa shape index (κ3) is 3.33. The van der Waals surface area contributed by atoms with Gasteiger partial charge in [0.05, 0.1) is 43.6 Å². The predicted molar refractivity (Wildman–Crippen MR) is 111 cm³/mol. The monoisotopic (exact) mass is 384 g/mol. The van der Waals surface area contributed by atoms with Crippen LogP contribution in [0.2, 0.25) is 0 Å². The molecule has 0 bridgehead atoms. The van der Waals surface area contributed by atoms with E-state index in [1.54, 1.807) is 26.7 Å². The van der Waals surface area contributed by atoms with E-state index in [-0.39, 0.29) is 0 Å². The first kappa shape index (κ1) is 18.7. The molecule has 4 aromatic rings. The summed E-state index contributed by atoms with van der Waals surface area (Å²) in [6.07, 6.45) is 5.42. The zero-order chi connectivity index (χ0) is 20.4. The van der Waals surface area contributed by atoms with Crippen LogP contribution in [-0.4, -0.2) is 28.6 Å². The minimum absolute atomic E-state index is 0.488. The highest BCUT2D eigenvalue weighted by atomic mass is 16.5. The molecular formula is C23H20N4O2. The number of nitrogens with zero attached hydrogens (tertiary/aromatic N) is 4. The maximum absolute atomic E-state index is 9.13. The molecule has 0 atom stereocenters. The lowest BCUT2D eigenvalue weighted by molar-refractivity contribution is 0.184. The number of hydrogen-bond acceptors (Lipinski definition) is 5. The van der Waals surface area contributed by atoms with E-state index in [2.05, 4.69) is 22.1 Å². The molecule has 3 aromatic heterocycles. The summed E-state index contributed by atoms with van der Waals surface area (Å²) in [5.74, 6) is 0.725. The largest absolute Gasteiger partial charge is 0.494 e. The lowest BCUT2D eigenvalue weighted by atomic mass is 9.97. The molecule has 0 fully saturated rings. The second kappa shape index (κ2) is 7.74. The molecule has 0 saturated carbocycles. The highest BCUT2D eigenvalue weighted by Gasteiger charge is 2.17. The van der Waals surface area contributed by atoms with Crippen LogP contribution in [0.3, 0.4) is 0 Å². The van der Waals surface area contributed by atoms with E-state index in [0.29, 0.717) is 12.2 Å². The first-order valence-corrected chi connectivity index (χ1v) is 9.14. The maximum atomic E-state index is 9.13. The van der Waals surface area contributed by atoms with Crippen LogP contribution in [-0.2, 0) is 11.3 Å². The summed E-state index contributed by atoms with van der Waals surface area (Å²) in [7, 11) is 3.32. The molecule has 1 aromatic carbocycles. The molecule has 0 aliphatic carbocycles. The minimum Gasteiger partial charge on any atom is -0.494 e. The second-order valence-corrected chi connectivity index (χ2v) is 6.71. The summed E-state index contributed by atoms with van der Waals surface area (Å²) in [4.78, 5) is 8.91. The van der Waals surface area contributed by atoms with Crippen LogP contribution in [0.25, 0.3) is 27.9 Å². The van der Waals surface area contributed by atoms with Gasteiger partial charge in [-0.2, -0.15) is 5.26 Å². The zero-order valence-corrected chi connectivity index (χ0v) is 16.5. The Morgan fingerprint density at radius 2 is 1.86 bits per heavy atom. The Bertz CT molecular complexity index is 1220. The van der Waals surface area contributed by atoms with Crippen LogP contribution in [0, 0.1) is 18.3 Å². The minimum atomic E-state index is 0.488. The Kier molecular flexibility index (Phi) is 4.98. The van der Waals surface area contributed by atoms with Crippen molar-refractivity contribution in [1.29, 1.82) is 5.26 Å². The van der Waals surface area contributed by atoms with Crippen LogP contribution in [0.15, 0.2) is 55.1 Å². The Labute approximate surface area is 169 Å². The molecule has 0 aliphatic rings. The van der Waals surface area contributed by atoms with Crippen LogP contribution >= 0.6 is 0 Å². The molecular weight excluding hydrogens is 364 g/mol. The number of imidazole rings is 1. The third-order valence-corrected chi connectivity index (χ3v) is 4.97. The Hall–Kier alpha value is -3.69. The van der Waals surface area contributed by atoms with Gasteiger partial charge in [0.1, 0.15) is 11.3 Å². The number of rotatable bonds is 5. The summed E-state index contributed by atoms with van der Waals surface area (Å²) in [5, 5.41) is 9.13. The van der Waals surface area contributed by atoms with E-state index >= 15 is 0 Å². The van der Waals surface area contributed by atoms with Crippen LogP contribution < -0.4 is 4.74 Å². The maximum Gasteiger partial charge on any atom is 0.145 e. The number of aromatic nitrogens is 3. The topological polar surface area (TPSA) is 72.4 Å². The van der Waals surface area contributed by atoms with E-state index in [1.807, 2.05) is 47.9 Å². The molecule has 4 rings (SSSR count). The van der Waals surface area contributed by atoms with Crippen LogP contribution in [0.1, 0.15) is 16.8 Å². The van der Waals surface area contributed by atoms with Gasteiger partial charge in [-0.1, -0.05) is 12.1 Å². The molecule has 0 amide bonds. The van der Waals surface area contributed by atoms with Gasteiger partial charge in [0, 0.05) is 30.1 Å². The van der Waals surface area contributed by atoms with Crippen molar-refractivity contribution < 1.29 is 9.47 Å². The first-order chi connectivity index (χ1) is 14.2. The normalized spacial score (nSPS) is 10.8. The molecule has 0 aliphatic heterocycles. The summed E-state index contributed by atoms with van der Waals surface area (Å²) in [6, 6.07) is 13.8. The van der Waals surface area contributed by atoms with Crippen molar-refractivity contribution in [2.45, 2.75) is 13.5 Å². The predicted octanol–water partition coefficient (Wildman–Crippen LogP) is 4.40. The van der Waals surface area contributed by atoms with Gasteiger partial charge in [-0.15, -0.1) is 0 Å². The molecule has 6 nitrogen and oxygen atoms in total. The van der Waals surface area contributed by atoms with Gasteiger partial charge >= 0.3 is 0 Å². The Morgan fingerprint density at radius 1 is 1.07 bits per heavy atom. The fourth-order valence-corrected chi connectivity index (χ4v) is 3.47. The lowest BCUT2D eigenvalue weighted by Crippen LogP contribution is -2.01. The number of aryl methyl sites for hydroxylation is 1. The zero-order valence-electron chi connectivity index (χ0n) is 16.5. The second-order valence-electron chi connectivity index (χ2n) is 6.71. The number of nitriles is 1. The van der Waals surface area contributed by atoms with Gasteiger partial charge < -0.3 is 9.47 Å². The quantitative estimate of drug-likeness (QED) is 0.510. The fourth-order valence-electron chi connectivity index (χ4n) is 3.47. The number of benzene rings is 1. The van der Waals surface area contributed by atoms with Crippen molar-refractivity contribution >= 4 is 5.52 Å². The molecule has 0 unspecified atom stereocenters. The van der Waals surface area contributed by atoms with E-state index in [0.717, 1.165) is 44.9 Å². The number of ether oxygens (including phenoxy) is 2. The highest BCUT2D eigenvalue weighted by molar-refractivity contribution is 5.86. The smallest absolute Gasteiger partial charge is 0.145 e. The summed E-state index contributed by atoms with van der Waals surface area (Å²) >= 11 is 0. The molecule has 0 saturated heterocycles. The van der Waals surface area contributed by atoms with Gasteiger partial charge in [0.25, 0.3) is 0 Å². The molecule has 144 valence electrons. The van der Waals surface area contributed by atoms with Gasteiger partial charge in [-0.05, 0) is 42.3 Å². The SMILES string of the molecule is COCc1cc(-c2c(-c3ccc(C#N)cc3)cc(OC)c3cncn23)cnc1C. The summed E-state index contributed by atoms with van der Waals surface area (Å²) < 4.78 is 13.0. The standard InChI is InChI=1S/C23H20N4O2/c1-15-19(13-28-2)8-18(11-26-15)23-20(17-6-4-16(10-24)5-7-17)9-22(29-3)21-12-25-14-27(21)23/h4-9,11-12,14H,13H2,1-3H3. The van der Waals surface area contributed by atoms with Crippen molar-refractivity contribution in [2.75, 3.05) is 14.2 Å².